The normalized spacial score (nSPS) is 17.6. The van der Waals surface area contributed by atoms with E-state index in [1.807, 2.05) is 25.1 Å². The lowest BCUT2D eigenvalue weighted by Crippen LogP contribution is -2.27. The van der Waals surface area contributed by atoms with Crippen molar-refractivity contribution >= 4 is 5.91 Å². The molecule has 3 nitrogen and oxygen atoms in total. The van der Waals surface area contributed by atoms with Crippen molar-refractivity contribution in [3.8, 4) is 0 Å². The van der Waals surface area contributed by atoms with Gasteiger partial charge in [0.1, 0.15) is 0 Å². The van der Waals surface area contributed by atoms with Crippen LogP contribution in [0.2, 0.25) is 0 Å². The van der Waals surface area contributed by atoms with Gasteiger partial charge < -0.3 is 5.32 Å². The van der Waals surface area contributed by atoms with E-state index in [0.717, 1.165) is 18.0 Å². The fourth-order valence-corrected chi connectivity index (χ4v) is 2.65. The maximum Gasteiger partial charge on any atom is 0.220 e. The van der Waals surface area contributed by atoms with Crippen molar-refractivity contribution < 1.29 is 4.79 Å². The van der Waals surface area contributed by atoms with Crippen LogP contribution < -0.4 is 5.32 Å². The van der Waals surface area contributed by atoms with E-state index in [-0.39, 0.29) is 11.9 Å². The van der Waals surface area contributed by atoms with Gasteiger partial charge in [-0.1, -0.05) is 31.7 Å². The number of amides is 1. The minimum Gasteiger partial charge on any atom is -0.348 e. The van der Waals surface area contributed by atoms with Crippen LogP contribution in [-0.4, -0.2) is 10.9 Å². The monoisotopic (exact) mass is 246 g/mol. The van der Waals surface area contributed by atoms with Crippen molar-refractivity contribution in [3.05, 3.63) is 30.1 Å². The second-order valence-electron chi connectivity index (χ2n) is 5.23. The Kier molecular flexibility index (Phi) is 4.73. The van der Waals surface area contributed by atoms with Gasteiger partial charge in [0.05, 0.1) is 11.7 Å². The Morgan fingerprint density at radius 2 is 2.22 bits per heavy atom. The van der Waals surface area contributed by atoms with Gasteiger partial charge in [-0.15, -0.1) is 0 Å². The molecule has 1 aliphatic rings. The smallest absolute Gasteiger partial charge is 0.220 e. The largest absolute Gasteiger partial charge is 0.348 e. The van der Waals surface area contributed by atoms with Crippen molar-refractivity contribution in [2.75, 3.05) is 0 Å². The van der Waals surface area contributed by atoms with Crippen LogP contribution in [-0.2, 0) is 4.79 Å². The Morgan fingerprint density at radius 3 is 2.89 bits per heavy atom. The summed E-state index contributed by atoms with van der Waals surface area (Å²) in [6.07, 6.45) is 8.76. The molecule has 18 heavy (non-hydrogen) atoms. The molecule has 0 spiro atoms. The van der Waals surface area contributed by atoms with Gasteiger partial charge >= 0.3 is 0 Å². The van der Waals surface area contributed by atoms with Gasteiger partial charge in [0.15, 0.2) is 0 Å². The summed E-state index contributed by atoms with van der Waals surface area (Å²) >= 11 is 0. The van der Waals surface area contributed by atoms with E-state index in [0.29, 0.717) is 6.42 Å². The molecular formula is C15H22N2O. The zero-order valence-electron chi connectivity index (χ0n) is 11.1. The van der Waals surface area contributed by atoms with E-state index in [4.69, 9.17) is 0 Å². The third-order valence-corrected chi connectivity index (χ3v) is 3.76. The fourth-order valence-electron chi connectivity index (χ4n) is 2.65. The first-order chi connectivity index (χ1) is 8.75. The van der Waals surface area contributed by atoms with E-state index in [1.165, 1.54) is 25.7 Å². The lowest BCUT2D eigenvalue weighted by Gasteiger charge is -2.14. The van der Waals surface area contributed by atoms with Crippen LogP contribution in [0.3, 0.4) is 0 Å². The second-order valence-corrected chi connectivity index (χ2v) is 5.23. The van der Waals surface area contributed by atoms with Crippen molar-refractivity contribution in [2.45, 2.75) is 51.5 Å². The molecule has 1 fully saturated rings. The van der Waals surface area contributed by atoms with Gasteiger partial charge in [0.25, 0.3) is 0 Å². The van der Waals surface area contributed by atoms with Crippen molar-refractivity contribution in [3.63, 3.8) is 0 Å². The Hall–Kier alpha value is -1.38. The van der Waals surface area contributed by atoms with E-state index in [9.17, 15) is 4.79 Å². The molecule has 3 heteroatoms. The van der Waals surface area contributed by atoms with E-state index >= 15 is 0 Å². The lowest BCUT2D eigenvalue weighted by atomic mass is 10.0. The molecular weight excluding hydrogens is 224 g/mol. The van der Waals surface area contributed by atoms with Crippen LogP contribution in [0.5, 0.6) is 0 Å². The molecule has 1 unspecified atom stereocenters. The molecule has 1 saturated carbocycles. The van der Waals surface area contributed by atoms with Crippen LogP contribution in [0.25, 0.3) is 0 Å². The molecule has 1 heterocycles. The number of hydrogen-bond donors (Lipinski definition) is 1. The van der Waals surface area contributed by atoms with Crippen LogP contribution in [0.1, 0.15) is 57.2 Å². The zero-order valence-corrected chi connectivity index (χ0v) is 11.1. The molecule has 0 saturated heterocycles. The summed E-state index contributed by atoms with van der Waals surface area (Å²) in [5.41, 5.74) is 0.923. The number of nitrogens with zero attached hydrogens (tertiary/aromatic N) is 1. The van der Waals surface area contributed by atoms with Gasteiger partial charge in [0, 0.05) is 12.6 Å². The van der Waals surface area contributed by atoms with E-state index in [2.05, 4.69) is 10.3 Å². The summed E-state index contributed by atoms with van der Waals surface area (Å²) in [6, 6.07) is 5.78. The highest BCUT2D eigenvalue weighted by Crippen LogP contribution is 2.28. The third kappa shape index (κ3) is 3.83. The molecule has 1 amide bonds. The van der Waals surface area contributed by atoms with Gasteiger partial charge in [-0.2, -0.15) is 0 Å². The number of pyridine rings is 1. The lowest BCUT2D eigenvalue weighted by molar-refractivity contribution is -0.122. The fraction of sp³-hybridized carbons (Fsp3) is 0.600. The summed E-state index contributed by atoms with van der Waals surface area (Å²) in [6.45, 7) is 1.98. The van der Waals surface area contributed by atoms with Gasteiger partial charge in [-0.25, -0.2) is 0 Å². The van der Waals surface area contributed by atoms with Crippen LogP contribution in [0, 0.1) is 5.92 Å². The van der Waals surface area contributed by atoms with Crippen molar-refractivity contribution in [1.82, 2.24) is 10.3 Å². The highest BCUT2D eigenvalue weighted by atomic mass is 16.1. The number of carbonyl (C=O) groups excluding carboxylic acids is 1. The van der Waals surface area contributed by atoms with Crippen LogP contribution >= 0.6 is 0 Å². The maximum absolute atomic E-state index is 11.8. The summed E-state index contributed by atoms with van der Waals surface area (Å²) in [5.74, 6) is 0.931. The predicted molar refractivity (Wildman–Crippen MR) is 72.0 cm³/mol. The highest BCUT2D eigenvalue weighted by molar-refractivity contribution is 5.76. The maximum atomic E-state index is 11.8. The summed E-state index contributed by atoms with van der Waals surface area (Å²) in [5, 5.41) is 3.02. The molecule has 0 bridgehead atoms. The minimum absolute atomic E-state index is 0.00211. The molecule has 0 aliphatic heterocycles. The van der Waals surface area contributed by atoms with Crippen molar-refractivity contribution in [1.29, 1.82) is 0 Å². The molecule has 2 rings (SSSR count). The molecule has 1 aromatic heterocycles. The van der Waals surface area contributed by atoms with E-state index in [1.54, 1.807) is 6.20 Å². The molecule has 1 N–H and O–H groups in total. The Morgan fingerprint density at radius 1 is 1.44 bits per heavy atom. The number of nitrogens with one attached hydrogen (secondary N) is 1. The molecule has 0 aromatic carbocycles. The topological polar surface area (TPSA) is 42.0 Å². The Bertz CT molecular complexity index is 371. The number of hydrogen-bond acceptors (Lipinski definition) is 2. The first-order valence-electron chi connectivity index (χ1n) is 6.96. The third-order valence-electron chi connectivity index (χ3n) is 3.76. The molecule has 0 radical (unpaired) electrons. The molecule has 1 aromatic rings. The zero-order chi connectivity index (χ0) is 12.8. The van der Waals surface area contributed by atoms with Crippen LogP contribution in [0.15, 0.2) is 24.4 Å². The first kappa shape index (κ1) is 13.1. The quantitative estimate of drug-likeness (QED) is 0.866. The summed E-state index contributed by atoms with van der Waals surface area (Å²) in [7, 11) is 0. The molecule has 98 valence electrons. The van der Waals surface area contributed by atoms with Gasteiger partial charge in [-0.3, -0.25) is 9.78 Å². The van der Waals surface area contributed by atoms with Gasteiger partial charge in [-0.05, 0) is 31.4 Å². The Labute approximate surface area is 109 Å². The van der Waals surface area contributed by atoms with Crippen LogP contribution in [0.4, 0.5) is 0 Å². The number of aromatic nitrogens is 1. The minimum atomic E-state index is 0.00211. The number of carbonyl (C=O) groups is 1. The Balaban J connectivity index is 1.73. The SMILES string of the molecule is CC(NC(=O)CCC1CCCC1)c1ccccn1. The highest BCUT2D eigenvalue weighted by Gasteiger charge is 2.17. The second kappa shape index (κ2) is 6.53. The average molecular weight is 246 g/mol. The molecule has 1 atom stereocenters. The standard InChI is InChI=1S/C15H22N2O/c1-12(14-8-4-5-11-16-14)17-15(18)10-9-13-6-2-3-7-13/h4-5,8,11-13H,2-3,6-7,9-10H2,1H3,(H,17,18). The van der Waals surface area contributed by atoms with E-state index < -0.39 is 0 Å². The van der Waals surface area contributed by atoms with Crippen molar-refractivity contribution in [2.24, 2.45) is 5.92 Å². The first-order valence-corrected chi connectivity index (χ1v) is 6.96. The van der Waals surface area contributed by atoms with Gasteiger partial charge in [0.2, 0.25) is 5.91 Å². The average Bonchev–Trinajstić information content (AvgIpc) is 2.90. The summed E-state index contributed by atoms with van der Waals surface area (Å²) in [4.78, 5) is 16.1. The summed E-state index contributed by atoms with van der Waals surface area (Å²) < 4.78 is 0. The number of rotatable bonds is 5. The predicted octanol–water partition coefficient (Wildman–Crippen LogP) is 3.23. The molecule has 1 aliphatic carbocycles.